The Kier molecular flexibility index (Phi) is 4.69. The minimum Gasteiger partial charge on any atom is -0.484 e. The third-order valence-corrected chi connectivity index (χ3v) is 4.06. The number of hydrogen-bond acceptors (Lipinski definition) is 5. The Labute approximate surface area is 113 Å². The summed E-state index contributed by atoms with van der Waals surface area (Å²) in [6.45, 7) is 6.23. The molecule has 1 aromatic rings. The van der Waals surface area contributed by atoms with Crippen LogP contribution < -0.4 is 15.4 Å². The van der Waals surface area contributed by atoms with Crippen molar-refractivity contribution < 1.29 is 4.74 Å². The Hall–Kier alpha value is -0.970. The predicted octanol–water partition coefficient (Wildman–Crippen LogP) is 3.28. The lowest BCUT2D eigenvalue weighted by atomic mass is 10.1. The highest BCUT2D eigenvalue weighted by molar-refractivity contribution is 7.11. The van der Waals surface area contributed by atoms with Gasteiger partial charge in [0.1, 0.15) is 0 Å². The maximum atomic E-state index is 5.91. The van der Waals surface area contributed by atoms with Crippen molar-refractivity contribution in [2.75, 3.05) is 23.7 Å². The van der Waals surface area contributed by atoms with Gasteiger partial charge >= 0.3 is 0 Å². The summed E-state index contributed by atoms with van der Waals surface area (Å²) in [7, 11) is 0. The molecule has 18 heavy (non-hydrogen) atoms. The first-order chi connectivity index (χ1) is 8.68. The Morgan fingerprint density at radius 3 is 2.39 bits per heavy atom. The van der Waals surface area contributed by atoms with E-state index >= 15 is 0 Å². The van der Waals surface area contributed by atoms with Crippen molar-refractivity contribution in [3.05, 3.63) is 0 Å². The van der Waals surface area contributed by atoms with E-state index in [1.165, 1.54) is 43.6 Å². The fourth-order valence-electron chi connectivity index (χ4n) is 2.28. The summed E-state index contributed by atoms with van der Waals surface area (Å²) in [4.78, 5) is 2.39. The lowest BCUT2D eigenvalue weighted by Gasteiger charge is -2.26. The zero-order valence-electron chi connectivity index (χ0n) is 11.3. The molecule has 0 atom stereocenters. The molecule has 5 heteroatoms. The van der Waals surface area contributed by atoms with E-state index in [0.29, 0.717) is 5.82 Å². The van der Waals surface area contributed by atoms with E-state index < -0.39 is 0 Å². The van der Waals surface area contributed by atoms with Crippen LogP contribution >= 0.6 is 11.5 Å². The standard InChI is InChI=1S/C13H23N3OS/c1-10(2)17-11-12(14)15-18-13(11)16-8-6-4-3-5-7-9-16/h10H,3-9H2,1-2H3,(H2,14,15). The van der Waals surface area contributed by atoms with Crippen molar-refractivity contribution in [1.82, 2.24) is 4.37 Å². The topological polar surface area (TPSA) is 51.4 Å². The largest absolute Gasteiger partial charge is 0.484 e. The zero-order chi connectivity index (χ0) is 13.0. The van der Waals surface area contributed by atoms with Crippen LogP contribution in [0.15, 0.2) is 0 Å². The van der Waals surface area contributed by atoms with Gasteiger partial charge in [0.25, 0.3) is 0 Å². The van der Waals surface area contributed by atoms with Gasteiger partial charge in [0.15, 0.2) is 16.6 Å². The molecule has 0 aromatic carbocycles. The number of nitrogens with two attached hydrogens (primary N) is 1. The van der Waals surface area contributed by atoms with E-state index in [1.54, 1.807) is 0 Å². The number of anilines is 2. The normalized spacial score (nSPS) is 17.6. The molecule has 2 N–H and O–H groups in total. The molecule has 102 valence electrons. The van der Waals surface area contributed by atoms with Gasteiger partial charge in [-0.05, 0) is 38.2 Å². The Morgan fingerprint density at radius 1 is 1.17 bits per heavy atom. The molecule has 1 aromatic heterocycles. The predicted molar refractivity (Wildman–Crippen MR) is 77.6 cm³/mol. The first-order valence-corrected chi connectivity index (χ1v) is 7.62. The molecular formula is C13H23N3OS. The highest BCUT2D eigenvalue weighted by Gasteiger charge is 2.20. The average molecular weight is 269 g/mol. The molecule has 0 bridgehead atoms. The molecule has 0 radical (unpaired) electrons. The van der Waals surface area contributed by atoms with Crippen molar-refractivity contribution in [2.24, 2.45) is 0 Å². The summed E-state index contributed by atoms with van der Waals surface area (Å²) in [6.07, 6.45) is 6.65. The van der Waals surface area contributed by atoms with Gasteiger partial charge in [-0.25, -0.2) is 0 Å². The third-order valence-electron chi connectivity index (χ3n) is 3.15. The van der Waals surface area contributed by atoms with E-state index in [9.17, 15) is 0 Å². The second-order valence-corrected chi connectivity index (χ2v) is 5.88. The van der Waals surface area contributed by atoms with Gasteiger partial charge in [0, 0.05) is 13.1 Å². The third kappa shape index (κ3) is 3.28. The summed E-state index contributed by atoms with van der Waals surface area (Å²) in [5.41, 5.74) is 5.91. The van der Waals surface area contributed by atoms with Gasteiger partial charge in [-0.1, -0.05) is 19.3 Å². The molecule has 0 saturated carbocycles. The maximum Gasteiger partial charge on any atom is 0.198 e. The number of rotatable bonds is 3. The molecule has 0 unspecified atom stereocenters. The van der Waals surface area contributed by atoms with Crippen LogP contribution in [-0.2, 0) is 0 Å². The highest BCUT2D eigenvalue weighted by atomic mass is 32.1. The molecule has 0 spiro atoms. The van der Waals surface area contributed by atoms with Gasteiger partial charge in [-0.15, -0.1) is 0 Å². The highest BCUT2D eigenvalue weighted by Crippen LogP contribution is 2.39. The van der Waals surface area contributed by atoms with Crippen molar-refractivity contribution in [2.45, 2.75) is 52.1 Å². The van der Waals surface area contributed by atoms with Crippen LogP contribution in [0.1, 0.15) is 46.0 Å². The summed E-state index contributed by atoms with van der Waals surface area (Å²) >= 11 is 1.47. The summed E-state index contributed by atoms with van der Waals surface area (Å²) in [5.74, 6) is 1.32. The molecule has 2 heterocycles. The van der Waals surface area contributed by atoms with Gasteiger partial charge in [-0.3, -0.25) is 0 Å². The van der Waals surface area contributed by atoms with E-state index in [-0.39, 0.29) is 6.10 Å². The van der Waals surface area contributed by atoms with Crippen LogP contribution in [-0.4, -0.2) is 23.6 Å². The Balaban J connectivity index is 2.14. The molecular weight excluding hydrogens is 246 g/mol. The van der Waals surface area contributed by atoms with Crippen molar-refractivity contribution in [3.8, 4) is 5.75 Å². The quantitative estimate of drug-likeness (QED) is 0.915. The van der Waals surface area contributed by atoms with Crippen molar-refractivity contribution >= 4 is 22.4 Å². The SMILES string of the molecule is CC(C)Oc1c(N)nsc1N1CCCCCCC1. The number of nitrogens with zero attached hydrogens (tertiary/aromatic N) is 2. The average Bonchev–Trinajstić information content (AvgIpc) is 2.60. The number of ether oxygens (including phenoxy) is 1. The van der Waals surface area contributed by atoms with Crippen LogP contribution in [0.5, 0.6) is 5.75 Å². The molecule has 1 saturated heterocycles. The minimum absolute atomic E-state index is 0.136. The van der Waals surface area contributed by atoms with E-state index in [1.807, 2.05) is 13.8 Å². The molecule has 1 aliphatic rings. The van der Waals surface area contributed by atoms with E-state index in [2.05, 4.69) is 9.27 Å². The van der Waals surface area contributed by atoms with Gasteiger partial charge in [0.05, 0.1) is 6.10 Å². The number of aromatic nitrogens is 1. The van der Waals surface area contributed by atoms with Gasteiger partial charge < -0.3 is 15.4 Å². The number of nitrogen functional groups attached to an aromatic ring is 1. The summed E-state index contributed by atoms with van der Waals surface area (Å²) < 4.78 is 10.1. The van der Waals surface area contributed by atoms with Crippen LogP contribution in [0.4, 0.5) is 10.8 Å². The fourth-order valence-corrected chi connectivity index (χ4v) is 3.08. The fraction of sp³-hybridized carbons (Fsp3) is 0.769. The summed E-state index contributed by atoms with van der Waals surface area (Å²) in [6, 6.07) is 0. The second kappa shape index (κ2) is 6.27. The molecule has 1 aliphatic heterocycles. The van der Waals surface area contributed by atoms with Crippen LogP contribution in [0, 0.1) is 0 Å². The Morgan fingerprint density at radius 2 is 1.78 bits per heavy atom. The molecule has 0 amide bonds. The first-order valence-electron chi connectivity index (χ1n) is 6.85. The van der Waals surface area contributed by atoms with Gasteiger partial charge in [-0.2, -0.15) is 4.37 Å². The smallest absolute Gasteiger partial charge is 0.198 e. The molecule has 4 nitrogen and oxygen atoms in total. The molecule has 2 rings (SSSR count). The minimum atomic E-state index is 0.136. The summed E-state index contributed by atoms with van der Waals surface area (Å²) in [5, 5.41) is 1.11. The number of hydrogen-bond donors (Lipinski definition) is 1. The van der Waals surface area contributed by atoms with Crippen LogP contribution in [0.25, 0.3) is 0 Å². The first kappa shape index (κ1) is 13.5. The molecule has 1 fully saturated rings. The lowest BCUT2D eigenvalue weighted by molar-refractivity contribution is 0.244. The van der Waals surface area contributed by atoms with Crippen LogP contribution in [0.3, 0.4) is 0 Å². The van der Waals surface area contributed by atoms with Gasteiger partial charge in [0.2, 0.25) is 0 Å². The van der Waals surface area contributed by atoms with E-state index in [0.717, 1.165) is 23.8 Å². The monoisotopic (exact) mass is 269 g/mol. The van der Waals surface area contributed by atoms with E-state index in [4.69, 9.17) is 10.5 Å². The zero-order valence-corrected chi connectivity index (χ0v) is 12.1. The van der Waals surface area contributed by atoms with Crippen molar-refractivity contribution in [3.63, 3.8) is 0 Å². The van der Waals surface area contributed by atoms with Crippen LogP contribution in [0.2, 0.25) is 0 Å². The second-order valence-electron chi connectivity index (χ2n) is 5.12. The maximum absolute atomic E-state index is 5.91. The van der Waals surface area contributed by atoms with Crippen molar-refractivity contribution in [1.29, 1.82) is 0 Å². The lowest BCUT2D eigenvalue weighted by Crippen LogP contribution is -2.27. The molecule has 0 aliphatic carbocycles. The Bertz CT molecular complexity index is 370.